The Hall–Kier alpha value is -1.97. The van der Waals surface area contributed by atoms with E-state index in [1.165, 1.54) is 12.0 Å². The lowest BCUT2D eigenvalue weighted by atomic mass is 9.64. The number of rotatable bonds is 5. The maximum Gasteiger partial charge on any atom is 0.236 e. The molecule has 1 aromatic carbocycles. The number of nitrogens with zero attached hydrogens (tertiary/aromatic N) is 2. The topological polar surface area (TPSA) is 56.0 Å². The minimum absolute atomic E-state index is 0.127. The van der Waals surface area contributed by atoms with E-state index in [9.17, 15) is 4.79 Å². The van der Waals surface area contributed by atoms with Crippen LogP contribution in [0.5, 0.6) is 0 Å². The van der Waals surface area contributed by atoms with Gasteiger partial charge in [-0.15, -0.1) is 0 Å². The van der Waals surface area contributed by atoms with Crippen molar-refractivity contribution in [3.63, 3.8) is 0 Å². The molecule has 4 heteroatoms. The Morgan fingerprint density at radius 3 is 2.62 bits per heavy atom. The van der Waals surface area contributed by atoms with E-state index in [2.05, 4.69) is 22.3 Å². The van der Waals surface area contributed by atoms with Crippen LogP contribution in [0.1, 0.15) is 62.7 Å². The third kappa shape index (κ3) is 2.28. The van der Waals surface area contributed by atoms with Gasteiger partial charge in [-0.3, -0.25) is 4.79 Å². The minimum atomic E-state index is -0.316. The van der Waals surface area contributed by atoms with Crippen LogP contribution in [0, 0.1) is 0 Å². The van der Waals surface area contributed by atoms with Crippen molar-refractivity contribution < 1.29 is 9.32 Å². The molecule has 21 heavy (non-hydrogen) atoms. The monoisotopic (exact) mass is 284 g/mol. The summed E-state index contributed by atoms with van der Waals surface area (Å²) in [5.41, 5.74) is 1.11. The smallest absolute Gasteiger partial charge is 0.236 e. The molecule has 1 fully saturated rings. The first kappa shape index (κ1) is 14.0. The van der Waals surface area contributed by atoms with E-state index in [0.717, 1.165) is 18.7 Å². The SMILES string of the molecule is CCC(=O)C(C)c1nc(C2(c3ccccc3)CCC2)no1. The van der Waals surface area contributed by atoms with E-state index in [1.54, 1.807) is 0 Å². The number of carbonyl (C=O) groups is 1. The predicted molar refractivity (Wildman–Crippen MR) is 79.1 cm³/mol. The highest BCUT2D eigenvalue weighted by Gasteiger charge is 2.44. The average molecular weight is 284 g/mol. The van der Waals surface area contributed by atoms with Gasteiger partial charge in [0, 0.05) is 6.42 Å². The summed E-state index contributed by atoms with van der Waals surface area (Å²) in [6.45, 7) is 3.69. The summed E-state index contributed by atoms with van der Waals surface area (Å²) in [6.07, 6.45) is 3.73. The maximum absolute atomic E-state index is 11.8. The van der Waals surface area contributed by atoms with Crippen LogP contribution < -0.4 is 0 Å². The largest absolute Gasteiger partial charge is 0.339 e. The summed E-state index contributed by atoms with van der Waals surface area (Å²) >= 11 is 0. The van der Waals surface area contributed by atoms with E-state index in [0.29, 0.717) is 12.3 Å². The summed E-state index contributed by atoms with van der Waals surface area (Å²) in [6, 6.07) is 10.3. The van der Waals surface area contributed by atoms with Gasteiger partial charge in [-0.05, 0) is 25.3 Å². The minimum Gasteiger partial charge on any atom is -0.339 e. The zero-order chi connectivity index (χ0) is 14.9. The average Bonchev–Trinajstić information content (AvgIpc) is 2.95. The van der Waals surface area contributed by atoms with Crippen molar-refractivity contribution in [2.75, 3.05) is 0 Å². The predicted octanol–water partition coefficient (Wildman–Crippen LogP) is 3.62. The fourth-order valence-electron chi connectivity index (χ4n) is 2.98. The summed E-state index contributed by atoms with van der Waals surface area (Å²) in [7, 11) is 0. The van der Waals surface area contributed by atoms with E-state index in [-0.39, 0.29) is 17.1 Å². The van der Waals surface area contributed by atoms with Gasteiger partial charge >= 0.3 is 0 Å². The zero-order valence-electron chi connectivity index (χ0n) is 12.5. The molecule has 1 unspecified atom stereocenters. The van der Waals surface area contributed by atoms with Gasteiger partial charge in [-0.2, -0.15) is 4.98 Å². The first-order chi connectivity index (χ1) is 10.2. The molecule has 1 aliphatic carbocycles. The van der Waals surface area contributed by atoms with Crippen molar-refractivity contribution in [2.45, 2.75) is 50.9 Å². The van der Waals surface area contributed by atoms with Crippen molar-refractivity contribution in [1.29, 1.82) is 0 Å². The lowest BCUT2D eigenvalue weighted by Gasteiger charge is -2.39. The molecular weight excluding hydrogens is 264 g/mol. The third-order valence-corrected chi connectivity index (χ3v) is 4.61. The normalized spacial score (nSPS) is 18.0. The molecule has 0 radical (unpaired) electrons. The summed E-state index contributed by atoms with van der Waals surface area (Å²) in [4.78, 5) is 16.3. The van der Waals surface area contributed by atoms with E-state index in [1.807, 2.05) is 32.0 Å². The van der Waals surface area contributed by atoms with E-state index in [4.69, 9.17) is 4.52 Å². The lowest BCUT2D eigenvalue weighted by molar-refractivity contribution is -0.120. The molecule has 2 aromatic rings. The van der Waals surface area contributed by atoms with Crippen molar-refractivity contribution >= 4 is 5.78 Å². The number of Topliss-reactive ketones (excluding diaryl/α,β-unsaturated/α-hetero) is 1. The Morgan fingerprint density at radius 1 is 1.33 bits per heavy atom. The molecule has 1 atom stereocenters. The quantitative estimate of drug-likeness (QED) is 0.841. The van der Waals surface area contributed by atoms with Crippen molar-refractivity contribution in [1.82, 2.24) is 10.1 Å². The number of benzene rings is 1. The molecule has 0 bridgehead atoms. The highest BCUT2D eigenvalue weighted by atomic mass is 16.5. The Kier molecular flexibility index (Phi) is 3.62. The number of carbonyl (C=O) groups excluding carboxylic acids is 1. The van der Waals surface area contributed by atoms with Crippen molar-refractivity contribution in [3.05, 3.63) is 47.6 Å². The van der Waals surface area contributed by atoms with Crippen LogP contribution in [0.4, 0.5) is 0 Å². The molecule has 1 aromatic heterocycles. The first-order valence-electron chi connectivity index (χ1n) is 7.59. The van der Waals surface area contributed by atoms with Gasteiger partial charge < -0.3 is 4.52 Å². The lowest BCUT2D eigenvalue weighted by Crippen LogP contribution is -2.36. The molecule has 0 saturated heterocycles. The maximum atomic E-state index is 11.8. The Bertz CT molecular complexity index is 629. The Morgan fingerprint density at radius 2 is 2.05 bits per heavy atom. The second-order valence-corrected chi connectivity index (χ2v) is 5.80. The molecule has 0 amide bonds. The van der Waals surface area contributed by atoms with Gasteiger partial charge in [0.1, 0.15) is 5.78 Å². The second kappa shape index (κ2) is 5.43. The fourth-order valence-corrected chi connectivity index (χ4v) is 2.98. The van der Waals surface area contributed by atoms with Crippen LogP contribution in [-0.4, -0.2) is 15.9 Å². The van der Waals surface area contributed by atoms with Crippen LogP contribution in [0.25, 0.3) is 0 Å². The molecule has 1 heterocycles. The molecule has 0 aliphatic heterocycles. The van der Waals surface area contributed by atoms with Gasteiger partial charge in [-0.1, -0.05) is 48.8 Å². The van der Waals surface area contributed by atoms with E-state index >= 15 is 0 Å². The summed E-state index contributed by atoms with van der Waals surface area (Å²) < 4.78 is 5.37. The van der Waals surface area contributed by atoms with Crippen LogP contribution in [0.3, 0.4) is 0 Å². The van der Waals surface area contributed by atoms with Crippen LogP contribution in [0.15, 0.2) is 34.9 Å². The fraction of sp³-hybridized carbons (Fsp3) is 0.471. The first-order valence-corrected chi connectivity index (χ1v) is 7.59. The van der Waals surface area contributed by atoms with E-state index < -0.39 is 0 Å². The molecule has 1 saturated carbocycles. The molecule has 0 spiro atoms. The molecule has 1 aliphatic rings. The van der Waals surface area contributed by atoms with Gasteiger partial charge in [0.05, 0.1) is 11.3 Å². The van der Waals surface area contributed by atoms with Gasteiger partial charge in [0.2, 0.25) is 5.89 Å². The summed E-state index contributed by atoms with van der Waals surface area (Å²) in [5, 5.41) is 4.19. The van der Waals surface area contributed by atoms with Gasteiger partial charge in [-0.25, -0.2) is 0 Å². The Balaban J connectivity index is 1.93. The highest BCUT2D eigenvalue weighted by molar-refractivity contribution is 5.83. The molecule has 4 nitrogen and oxygen atoms in total. The summed E-state index contributed by atoms with van der Waals surface area (Å²) in [5.74, 6) is 0.987. The van der Waals surface area contributed by atoms with Crippen molar-refractivity contribution in [3.8, 4) is 0 Å². The third-order valence-electron chi connectivity index (χ3n) is 4.61. The zero-order valence-corrected chi connectivity index (χ0v) is 12.5. The second-order valence-electron chi connectivity index (χ2n) is 5.80. The number of hydrogen-bond donors (Lipinski definition) is 0. The molecule has 0 N–H and O–H groups in total. The molecule has 3 rings (SSSR count). The highest BCUT2D eigenvalue weighted by Crippen LogP contribution is 2.47. The molecular formula is C17H20N2O2. The van der Waals surface area contributed by atoms with Crippen LogP contribution in [0.2, 0.25) is 0 Å². The number of hydrogen-bond acceptors (Lipinski definition) is 4. The Labute approximate surface area is 124 Å². The van der Waals surface area contributed by atoms with Gasteiger partial charge in [0.15, 0.2) is 5.82 Å². The molecule has 110 valence electrons. The van der Waals surface area contributed by atoms with Crippen LogP contribution in [-0.2, 0) is 10.2 Å². The number of aromatic nitrogens is 2. The standard InChI is InChI=1S/C17H20N2O2/c1-3-14(20)12(2)15-18-16(19-21-15)17(10-7-11-17)13-8-5-4-6-9-13/h4-6,8-9,12H,3,7,10-11H2,1-2H3. The van der Waals surface area contributed by atoms with Crippen molar-refractivity contribution in [2.24, 2.45) is 0 Å². The van der Waals surface area contributed by atoms with Crippen LogP contribution >= 0.6 is 0 Å². The number of ketones is 1. The van der Waals surface area contributed by atoms with Gasteiger partial charge in [0.25, 0.3) is 0 Å².